The van der Waals surface area contributed by atoms with Crippen molar-refractivity contribution in [1.82, 2.24) is 5.32 Å². The molecule has 1 aromatic heterocycles. The summed E-state index contributed by atoms with van der Waals surface area (Å²) in [7, 11) is 0. The van der Waals surface area contributed by atoms with Gasteiger partial charge in [0.25, 0.3) is 0 Å². The van der Waals surface area contributed by atoms with Gasteiger partial charge in [0.15, 0.2) is 0 Å². The Kier molecular flexibility index (Phi) is 4.20. The Bertz CT molecular complexity index is 605. The molecule has 0 bridgehead atoms. The number of carbonyl (C=O) groups excluding carboxylic acids is 2. The zero-order chi connectivity index (χ0) is 14.5. The Hall–Kier alpha value is -2.56. The summed E-state index contributed by atoms with van der Waals surface area (Å²) in [6, 6.07) is 12.0. The molecule has 2 amide bonds. The molecule has 2 aromatic rings. The van der Waals surface area contributed by atoms with E-state index in [4.69, 9.17) is 4.42 Å². The lowest BCUT2D eigenvalue weighted by Gasteiger charge is -2.11. The van der Waals surface area contributed by atoms with Crippen molar-refractivity contribution in [3.05, 3.63) is 54.0 Å². The fourth-order valence-electron chi connectivity index (χ4n) is 1.73. The maximum absolute atomic E-state index is 11.8. The molecule has 20 heavy (non-hydrogen) atoms. The van der Waals surface area contributed by atoms with Gasteiger partial charge in [0.1, 0.15) is 11.5 Å². The monoisotopic (exact) mass is 272 g/mol. The third-order valence-electron chi connectivity index (χ3n) is 2.77. The average Bonchev–Trinajstić information content (AvgIpc) is 2.86. The van der Waals surface area contributed by atoms with Crippen LogP contribution in [0.5, 0.6) is 0 Å². The summed E-state index contributed by atoms with van der Waals surface area (Å²) in [6.07, 6.45) is 0. The van der Waals surface area contributed by atoms with Crippen LogP contribution in [0.1, 0.15) is 24.5 Å². The highest BCUT2D eigenvalue weighted by molar-refractivity contribution is 6.39. The van der Waals surface area contributed by atoms with Crippen molar-refractivity contribution < 1.29 is 14.0 Å². The summed E-state index contributed by atoms with van der Waals surface area (Å²) >= 11 is 0. The first kappa shape index (κ1) is 13.9. The van der Waals surface area contributed by atoms with Crippen LogP contribution in [0.25, 0.3) is 0 Å². The number of amides is 2. The number of hydrogen-bond acceptors (Lipinski definition) is 3. The third-order valence-corrected chi connectivity index (χ3v) is 2.77. The fourth-order valence-corrected chi connectivity index (χ4v) is 1.73. The van der Waals surface area contributed by atoms with Gasteiger partial charge in [-0.3, -0.25) is 9.59 Å². The van der Waals surface area contributed by atoms with Gasteiger partial charge < -0.3 is 15.1 Å². The average molecular weight is 272 g/mol. The van der Waals surface area contributed by atoms with Gasteiger partial charge in [0.05, 0.1) is 6.04 Å². The molecule has 0 aliphatic rings. The molecule has 104 valence electrons. The molecule has 0 fully saturated rings. The van der Waals surface area contributed by atoms with E-state index in [2.05, 4.69) is 10.6 Å². The van der Waals surface area contributed by atoms with Crippen LogP contribution in [0.3, 0.4) is 0 Å². The molecule has 1 heterocycles. The number of benzene rings is 1. The number of hydrogen-bond donors (Lipinski definition) is 2. The molecule has 0 radical (unpaired) electrons. The standard InChI is InChI=1S/C15H16N2O3/c1-10-8-9-13(20-10)11(2)16-14(18)15(19)17-12-6-4-3-5-7-12/h3-9,11H,1-2H3,(H,16,18)(H,17,19). The molecule has 2 N–H and O–H groups in total. The lowest BCUT2D eigenvalue weighted by atomic mass is 10.2. The van der Waals surface area contributed by atoms with Crippen molar-refractivity contribution in [2.24, 2.45) is 0 Å². The fraction of sp³-hybridized carbons (Fsp3) is 0.200. The van der Waals surface area contributed by atoms with Crippen LogP contribution in [0.15, 0.2) is 46.9 Å². The highest BCUT2D eigenvalue weighted by atomic mass is 16.3. The summed E-state index contributed by atoms with van der Waals surface area (Å²) in [6.45, 7) is 3.58. The first-order chi connectivity index (χ1) is 9.56. The quantitative estimate of drug-likeness (QED) is 0.843. The van der Waals surface area contributed by atoms with E-state index in [1.54, 1.807) is 37.3 Å². The lowest BCUT2D eigenvalue weighted by molar-refractivity contribution is -0.136. The highest BCUT2D eigenvalue weighted by Crippen LogP contribution is 2.15. The molecule has 1 aromatic carbocycles. The molecule has 0 aliphatic carbocycles. The Labute approximate surface area is 117 Å². The number of carbonyl (C=O) groups is 2. The lowest BCUT2D eigenvalue weighted by Crippen LogP contribution is -2.36. The predicted octanol–water partition coefficient (Wildman–Crippen LogP) is 2.40. The van der Waals surface area contributed by atoms with Gasteiger partial charge >= 0.3 is 11.8 Å². The van der Waals surface area contributed by atoms with Crippen molar-refractivity contribution in [1.29, 1.82) is 0 Å². The maximum Gasteiger partial charge on any atom is 0.313 e. The molecule has 1 atom stereocenters. The maximum atomic E-state index is 11.8. The highest BCUT2D eigenvalue weighted by Gasteiger charge is 2.18. The SMILES string of the molecule is Cc1ccc(C(C)NC(=O)C(=O)Nc2ccccc2)o1. The van der Waals surface area contributed by atoms with Gasteiger partial charge in [0, 0.05) is 5.69 Å². The van der Waals surface area contributed by atoms with E-state index in [-0.39, 0.29) is 6.04 Å². The number of rotatable bonds is 3. The molecule has 5 heteroatoms. The van der Waals surface area contributed by atoms with Crippen LogP contribution in [-0.2, 0) is 9.59 Å². The van der Waals surface area contributed by atoms with Gasteiger partial charge in [-0.05, 0) is 38.1 Å². The summed E-state index contributed by atoms with van der Waals surface area (Å²) < 4.78 is 5.40. The molecule has 5 nitrogen and oxygen atoms in total. The minimum Gasteiger partial charge on any atom is -0.464 e. The van der Waals surface area contributed by atoms with Crippen molar-refractivity contribution >= 4 is 17.5 Å². The molecule has 0 aliphatic heterocycles. The van der Waals surface area contributed by atoms with Crippen LogP contribution in [0.4, 0.5) is 5.69 Å². The first-order valence-corrected chi connectivity index (χ1v) is 6.29. The zero-order valence-corrected chi connectivity index (χ0v) is 11.3. The second kappa shape index (κ2) is 6.06. The van der Waals surface area contributed by atoms with E-state index < -0.39 is 11.8 Å². The van der Waals surface area contributed by atoms with Gasteiger partial charge in [-0.2, -0.15) is 0 Å². The number of nitrogens with one attached hydrogen (secondary N) is 2. The van der Waals surface area contributed by atoms with Crippen LogP contribution >= 0.6 is 0 Å². The van der Waals surface area contributed by atoms with Crippen molar-refractivity contribution in [3.8, 4) is 0 Å². The van der Waals surface area contributed by atoms with Gasteiger partial charge in [-0.15, -0.1) is 0 Å². The topological polar surface area (TPSA) is 71.3 Å². The Balaban J connectivity index is 1.93. The molecule has 0 saturated carbocycles. The number of anilines is 1. The Morgan fingerprint density at radius 2 is 1.75 bits per heavy atom. The summed E-state index contributed by atoms with van der Waals surface area (Å²) in [5, 5.41) is 5.11. The van der Waals surface area contributed by atoms with Crippen molar-refractivity contribution in [2.45, 2.75) is 19.9 Å². The van der Waals surface area contributed by atoms with Crippen LogP contribution in [0, 0.1) is 6.92 Å². The van der Waals surface area contributed by atoms with Crippen LogP contribution < -0.4 is 10.6 Å². The van der Waals surface area contributed by atoms with Crippen molar-refractivity contribution in [3.63, 3.8) is 0 Å². The second-order valence-corrected chi connectivity index (χ2v) is 4.46. The van der Waals surface area contributed by atoms with E-state index in [9.17, 15) is 9.59 Å². The Morgan fingerprint density at radius 1 is 1.05 bits per heavy atom. The smallest absolute Gasteiger partial charge is 0.313 e. The molecular weight excluding hydrogens is 256 g/mol. The zero-order valence-electron chi connectivity index (χ0n) is 11.3. The second-order valence-electron chi connectivity index (χ2n) is 4.46. The summed E-state index contributed by atoms with van der Waals surface area (Å²) in [5.41, 5.74) is 0.578. The third kappa shape index (κ3) is 3.47. The van der Waals surface area contributed by atoms with Gasteiger partial charge in [-0.25, -0.2) is 0 Å². The summed E-state index contributed by atoms with van der Waals surface area (Å²) in [5.74, 6) is -0.0278. The van der Waals surface area contributed by atoms with E-state index in [0.717, 1.165) is 5.76 Å². The van der Waals surface area contributed by atoms with E-state index in [1.807, 2.05) is 19.1 Å². The van der Waals surface area contributed by atoms with Crippen LogP contribution in [-0.4, -0.2) is 11.8 Å². The molecule has 0 spiro atoms. The molecular formula is C15H16N2O3. The number of para-hydroxylation sites is 1. The largest absolute Gasteiger partial charge is 0.464 e. The summed E-state index contributed by atoms with van der Waals surface area (Å²) in [4.78, 5) is 23.5. The number of aryl methyl sites for hydroxylation is 1. The van der Waals surface area contributed by atoms with Gasteiger partial charge in [0.2, 0.25) is 0 Å². The Morgan fingerprint density at radius 3 is 2.35 bits per heavy atom. The van der Waals surface area contributed by atoms with E-state index >= 15 is 0 Å². The minimum absolute atomic E-state index is 0.363. The number of furan rings is 1. The minimum atomic E-state index is -0.702. The molecule has 0 saturated heterocycles. The first-order valence-electron chi connectivity index (χ1n) is 6.29. The molecule has 2 rings (SSSR count). The van der Waals surface area contributed by atoms with Crippen LogP contribution in [0.2, 0.25) is 0 Å². The van der Waals surface area contributed by atoms with Crippen molar-refractivity contribution in [2.75, 3.05) is 5.32 Å². The molecule has 1 unspecified atom stereocenters. The van der Waals surface area contributed by atoms with Gasteiger partial charge in [-0.1, -0.05) is 18.2 Å². The van der Waals surface area contributed by atoms with E-state index in [0.29, 0.717) is 11.4 Å². The predicted molar refractivity (Wildman–Crippen MR) is 75.1 cm³/mol. The van der Waals surface area contributed by atoms with E-state index in [1.165, 1.54) is 0 Å². The normalized spacial score (nSPS) is 11.7.